The van der Waals surface area contributed by atoms with E-state index in [1.807, 2.05) is 7.05 Å². The van der Waals surface area contributed by atoms with Gasteiger partial charge in [0.1, 0.15) is 5.75 Å². The summed E-state index contributed by atoms with van der Waals surface area (Å²) >= 11 is 0. The van der Waals surface area contributed by atoms with E-state index < -0.39 is 11.9 Å². The number of carboxylic acids is 1. The van der Waals surface area contributed by atoms with Crippen LogP contribution in [0.4, 0.5) is 5.69 Å². The topological polar surface area (TPSA) is 82.1 Å². The number of ether oxygens (including phenoxy) is 1. The van der Waals surface area contributed by atoms with Crippen LogP contribution >= 0.6 is 0 Å². The Balaban J connectivity index is 1.89. The van der Waals surface area contributed by atoms with Gasteiger partial charge in [-0.3, -0.25) is 14.5 Å². The third-order valence-corrected chi connectivity index (χ3v) is 4.21. The quantitative estimate of drug-likeness (QED) is 0.773. The van der Waals surface area contributed by atoms with E-state index in [2.05, 4.69) is 15.1 Å². The SMILES string of the molecule is COc1cccc(NC(=O)CC(CN2CCN(C)CC2)C(=O)O)c1. The first kappa shape index (κ1) is 18.2. The molecule has 24 heavy (non-hydrogen) atoms. The molecule has 0 bridgehead atoms. The molecule has 1 atom stereocenters. The number of anilines is 1. The number of hydrogen-bond acceptors (Lipinski definition) is 5. The molecule has 0 spiro atoms. The van der Waals surface area contributed by atoms with E-state index in [9.17, 15) is 14.7 Å². The summed E-state index contributed by atoms with van der Waals surface area (Å²) in [4.78, 5) is 28.0. The van der Waals surface area contributed by atoms with Crippen molar-refractivity contribution in [3.63, 3.8) is 0 Å². The highest BCUT2D eigenvalue weighted by Crippen LogP contribution is 2.18. The number of aliphatic carboxylic acids is 1. The third kappa shape index (κ3) is 5.50. The van der Waals surface area contributed by atoms with Crippen molar-refractivity contribution in [2.24, 2.45) is 5.92 Å². The first-order valence-corrected chi connectivity index (χ1v) is 8.05. The monoisotopic (exact) mass is 335 g/mol. The molecule has 2 N–H and O–H groups in total. The lowest BCUT2D eigenvalue weighted by Gasteiger charge is -2.33. The van der Waals surface area contributed by atoms with Gasteiger partial charge in [0.05, 0.1) is 13.0 Å². The fourth-order valence-electron chi connectivity index (χ4n) is 2.71. The van der Waals surface area contributed by atoms with Crippen LogP contribution in [0.2, 0.25) is 0 Å². The largest absolute Gasteiger partial charge is 0.497 e. The van der Waals surface area contributed by atoms with Crippen molar-refractivity contribution in [1.29, 1.82) is 0 Å². The minimum atomic E-state index is -0.935. The lowest BCUT2D eigenvalue weighted by Crippen LogP contribution is -2.47. The molecule has 1 saturated heterocycles. The molecule has 1 aliphatic rings. The summed E-state index contributed by atoms with van der Waals surface area (Å²) in [7, 11) is 3.60. The Morgan fingerprint density at radius 1 is 1.29 bits per heavy atom. The number of rotatable bonds is 7. The van der Waals surface area contributed by atoms with Crippen LogP contribution in [0.5, 0.6) is 5.75 Å². The van der Waals surface area contributed by atoms with E-state index in [4.69, 9.17) is 4.74 Å². The van der Waals surface area contributed by atoms with Gasteiger partial charge in [-0.05, 0) is 19.2 Å². The molecule has 1 aliphatic heterocycles. The zero-order valence-corrected chi connectivity index (χ0v) is 14.2. The molecule has 7 heteroatoms. The van der Waals surface area contributed by atoms with Crippen LogP contribution in [0.25, 0.3) is 0 Å². The van der Waals surface area contributed by atoms with Gasteiger partial charge in [0.2, 0.25) is 5.91 Å². The molecule has 2 rings (SSSR count). The second kappa shape index (κ2) is 8.65. The maximum Gasteiger partial charge on any atom is 0.308 e. The Kier molecular flexibility index (Phi) is 6.57. The van der Waals surface area contributed by atoms with Gasteiger partial charge in [-0.1, -0.05) is 6.07 Å². The van der Waals surface area contributed by atoms with Crippen LogP contribution in [0.3, 0.4) is 0 Å². The number of piperazine rings is 1. The van der Waals surface area contributed by atoms with E-state index in [1.165, 1.54) is 0 Å². The molecule has 0 saturated carbocycles. The minimum Gasteiger partial charge on any atom is -0.497 e. The number of benzene rings is 1. The van der Waals surface area contributed by atoms with Crippen molar-refractivity contribution in [3.05, 3.63) is 24.3 Å². The Morgan fingerprint density at radius 3 is 2.62 bits per heavy atom. The predicted molar refractivity (Wildman–Crippen MR) is 91.3 cm³/mol. The predicted octanol–water partition coefficient (Wildman–Crippen LogP) is 0.972. The molecule has 1 amide bonds. The zero-order valence-electron chi connectivity index (χ0n) is 14.2. The molecule has 7 nitrogen and oxygen atoms in total. The summed E-state index contributed by atoms with van der Waals surface area (Å²) < 4.78 is 5.11. The molecule has 1 aromatic rings. The Bertz CT molecular complexity index is 571. The average molecular weight is 335 g/mol. The van der Waals surface area contributed by atoms with Crippen LogP contribution in [0, 0.1) is 5.92 Å². The molecule has 0 radical (unpaired) electrons. The van der Waals surface area contributed by atoms with Crippen LogP contribution in [0.1, 0.15) is 6.42 Å². The van der Waals surface area contributed by atoms with E-state index in [-0.39, 0.29) is 12.3 Å². The number of carboxylic acid groups (broad SMARTS) is 1. The maximum absolute atomic E-state index is 12.2. The van der Waals surface area contributed by atoms with Crippen LogP contribution in [0.15, 0.2) is 24.3 Å². The third-order valence-electron chi connectivity index (χ3n) is 4.21. The van der Waals surface area contributed by atoms with Gasteiger partial charge in [0.15, 0.2) is 0 Å². The lowest BCUT2D eigenvalue weighted by atomic mass is 10.0. The molecular formula is C17H25N3O4. The highest BCUT2D eigenvalue weighted by molar-refractivity contribution is 5.93. The van der Waals surface area contributed by atoms with Crippen molar-refractivity contribution in [3.8, 4) is 5.75 Å². The minimum absolute atomic E-state index is 0.0428. The molecule has 1 fully saturated rings. The molecule has 0 aliphatic carbocycles. The highest BCUT2D eigenvalue weighted by atomic mass is 16.5. The molecule has 0 aromatic heterocycles. The van der Waals surface area contributed by atoms with E-state index >= 15 is 0 Å². The van der Waals surface area contributed by atoms with E-state index in [0.29, 0.717) is 18.0 Å². The van der Waals surface area contributed by atoms with Crippen LogP contribution < -0.4 is 10.1 Å². The Hall–Kier alpha value is -2.12. The summed E-state index contributed by atoms with van der Waals surface area (Å²) in [5.74, 6) is -1.31. The summed E-state index contributed by atoms with van der Waals surface area (Å²) in [6, 6.07) is 7.00. The molecular weight excluding hydrogens is 310 g/mol. The standard InChI is InChI=1S/C17H25N3O4/c1-19-6-8-20(9-7-19)12-13(17(22)23)10-16(21)18-14-4-3-5-15(11-14)24-2/h3-5,11,13H,6-10,12H2,1-2H3,(H,18,21)(H,22,23). The average Bonchev–Trinajstić information content (AvgIpc) is 2.56. The zero-order chi connectivity index (χ0) is 17.5. The van der Waals surface area contributed by atoms with Gasteiger partial charge in [0, 0.05) is 50.9 Å². The molecule has 132 valence electrons. The van der Waals surface area contributed by atoms with Gasteiger partial charge >= 0.3 is 5.97 Å². The number of nitrogens with one attached hydrogen (secondary N) is 1. The van der Waals surface area contributed by atoms with Crippen LogP contribution in [-0.2, 0) is 9.59 Å². The maximum atomic E-state index is 12.2. The molecule has 1 heterocycles. The summed E-state index contributed by atoms with van der Waals surface area (Å²) in [6.45, 7) is 3.90. The summed E-state index contributed by atoms with van der Waals surface area (Å²) in [6.07, 6.45) is -0.0428. The number of likely N-dealkylation sites (N-methyl/N-ethyl adjacent to an activating group) is 1. The lowest BCUT2D eigenvalue weighted by molar-refractivity contribution is -0.144. The second-order valence-electron chi connectivity index (χ2n) is 6.12. The van der Waals surface area contributed by atoms with E-state index in [1.54, 1.807) is 31.4 Å². The highest BCUT2D eigenvalue weighted by Gasteiger charge is 2.25. The smallest absolute Gasteiger partial charge is 0.308 e. The van der Waals surface area contributed by atoms with Gasteiger partial charge in [0.25, 0.3) is 0 Å². The number of nitrogens with zero attached hydrogens (tertiary/aromatic N) is 2. The van der Waals surface area contributed by atoms with Crippen molar-refractivity contribution in [1.82, 2.24) is 9.80 Å². The second-order valence-corrected chi connectivity index (χ2v) is 6.12. The van der Waals surface area contributed by atoms with Gasteiger partial charge in [-0.25, -0.2) is 0 Å². The van der Waals surface area contributed by atoms with Gasteiger partial charge in [-0.15, -0.1) is 0 Å². The Labute approximate surface area is 142 Å². The molecule has 1 aromatic carbocycles. The van der Waals surface area contributed by atoms with Crippen molar-refractivity contribution >= 4 is 17.6 Å². The first-order chi connectivity index (χ1) is 11.5. The number of amides is 1. The number of carbonyl (C=O) groups is 2. The summed E-state index contributed by atoms with van der Waals surface area (Å²) in [5.41, 5.74) is 0.600. The van der Waals surface area contributed by atoms with Gasteiger partial charge in [-0.2, -0.15) is 0 Å². The fourth-order valence-corrected chi connectivity index (χ4v) is 2.71. The van der Waals surface area contributed by atoms with E-state index in [0.717, 1.165) is 26.2 Å². The van der Waals surface area contributed by atoms with Crippen LogP contribution in [-0.4, -0.2) is 73.7 Å². The number of hydrogen-bond donors (Lipinski definition) is 2. The number of methoxy groups -OCH3 is 1. The molecule has 1 unspecified atom stereocenters. The normalized spacial score (nSPS) is 17.2. The first-order valence-electron chi connectivity index (χ1n) is 8.05. The fraction of sp³-hybridized carbons (Fsp3) is 0.529. The number of carbonyl (C=O) groups excluding carboxylic acids is 1. The van der Waals surface area contributed by atoms with Crippen molar-refractivity contribution in [2.45, 2.75) is 6.42 Å². The van der Waals surface area contributed by atoms with Crippen molar-refractivity contribution < 1.29 is 19.4 Å². The van der Waals surface area contributed by atoms with Gasteiger partial charge < -0.3 is 20.1 Å². The Morgan fingerprint density at radius 2 is 2.00 bits per heavy atom. The summed E-state index contributed by atoms with van der Waals surface area (Å²) in [5, 5.41) is 12.2. The van der Waals surface area contributed by atoms with Crippen molar-refractivity contribution in [2.75, 3.05) is 52.2 Å².